The maximum absolute atomic E-state index is 9.80. The fourth-order valence-electron chi connectivity index (χ4n) is 2.57. The van der Waals surface area contributed by atoms with Crippen molar-refractivity contribution >= 4 is 11.6 Å². The quantitative estimate of drug-likeness (QED) is 0.802. The first-order valence-electron chi connectivity index (χ1n) is 7.06. The van der Waals surface area contributed by atoms with Crippen molar-refractivity contribution in [3.63, 3.8) is 0 Å². The zero-order chi connectivity index (χ0) is 15.5. The molecule has 1 atom stereocenters. The van der Waals surface area contributed by atoms with Crippen molar-refractivity contribution in [3.8, 4) is 16.8 Å². The highest BCUT2D eigenvalue weighted by Crippen LogP contribution is 2.35. The molecular formula is C17H16ClN3O. The van der Waals surface area contributed by atoms with Gasteiger partial charge in [0, 0.05) is 5.56 Å². The summed E-state index contributed by atoms with van der Waals surface area (Å²) < 4.78 is 1.66. The summed E-state index contributed by atoms with van der Waals surface area (Å²) in [6.07, 6.45) is 3.21. The van der Waals surface area contributed by atoms with E-state index in [4.69, 9.17) is 11.6 Å². The smallest absolute Gasteiger partial charge is 0.138 e. The van der Waals surface area contributed by atoms with E-state index in [1.54, 1.807) is 17.9 Å². The molecule has 2 aromatic carbocycles. The topological polar surface area (TPSA) is 50.9 Å². The Balaban J connectivity index is 2.28. The van der Waals surface area contributed by atoms with Gasteiger partial charge in [-0.05, 0) is 30.5 Å². The molecule has 0 aliphatic heterocycles. The van der Waals surface area contributed by atoms with Crippen molar-refractivity contribution in [1.29, 1.82) is 0 Å². The molecule has 4 nitrogen and oxygen atoms in total. The van der Waals surface area contributed by atoms with Gasteiger partial charge in [0.1, 0.15) is 12.7 Å². The highest BCUT2D eigenvalue weighted by Gasteiger charge is 2.17. The maximum Gasteiger partial charge on any atom is 0.138 e. The van der Waals surface area contributed by atoms with Gasteiger partial charge in [-0.2, -0.15) is 5.10 Å². The van der Waals surface area contributed by atoms with Gasteiger partial charge in [0.2, 0.25) is 0 Å². The van der Waals surface area contributed by atoms with E-state index in [9.17, 15) is 5.11 Å². The van der Waals surface area contributed by atoms with E-state index in [-0.39, 0.29) is 0 Å². The second kappa shape index (κ2) is 6.30. The van der Waals surface area contributed by atoms with Crippen molar-refractivity contribution in [1.82, 2.24) is 14.8 Å². The summed E-state index contributed by atoms with van der Waals surface area (Å²) >= 11 is 6.43. The largest absolute Gasteiger partial charge is 0.393 e. The Labute approximate surface area is 134 Å². The molecule has 5 heteroatoms. The Kier molecular flexibility index (Phi) is 4.22. The van der Waals surface area contributed by atoms with E-state index in [0.29, 0.717) is 11.4 Å². The minimum Gasteiger partial charge on any atom is -0.393 e. The van der Waals surface area contributed by atoms with E-state index in [1.165, 1.54) is 6.33 Å². The number of nitrogens with zero attached hydrogens (tertiary/aromatic N) is 3. The highest BCUT2D eigenvalue weighted by atomic mass is 35.5. The van der Waals surface area contributed by atoms with Gasteiger partial charge < -0.3 is 5.11 Å². The molecule has 0 aliphatic carbocycles. The summed E-state index contributed by atoms with van der Waals surface area (Å²) in [5.74, 6) is 0. The lowest BCUT2D eigenvalue weighted by Gasteiger charge is -2.17. The van der Waals surface area contributed by atoms with Gasteiger partial charge in [-0.3, -0.25) is 0 Å². The van der Waals surface area contributed by atoms with Crippen LogP contribution in [0, 0.1) is 0 Å². The van der Waals surface area contributed by atoms with Gasteiger partial charge >= 0.3 is 0 Å². The Morgan fingerprint density at radius 3 is 2.59 bits per heavy atom. The van der Waals surface area contributed by atoms with Gasteiger partial charge in [0.05, 0.1) is 16.8 Å². The molecule has 0 radical (unpaired) electrons. The normalized spacial score (nSPS) is 12.3. The molecular weight excluding hydrogens is 298 g/mol. The van der Waals surface area contributed by atoms with E-state index in [1.807, 2.05) is 42.5 Å². The minimum absolute atomic E-state index is 0.438. The highest BCUT2D eigenvalue weighted by molar-refractivity contribution is 6.33. The molecule has 0 saturated carbocycles. The summed E-state index contributed by atoms with van der Waals surface area (Å²) in [6.45, 7) is 1.78. The molecule has 3 rings (SSSR count). The number of aliphatic hydroxyl groups is 1. The average Bonchev–Trinajstić information content (AvgIpc) is 3.03. The van der Waals surface area contributed by atoms with Crippen LogP contribution < -0.4 is 0 Å². The molecule has 1 heterocycles. The second-order valence-corrected chi connectivity index (χ2v) is 5.60. The van der Waals surface area contributed by atoms with Crippen LogP contribution in [0.3, 0.4) is 0 Å². The number of halogens is 1. The average molecular weight is 314 g/mol. The van der Waals surface area contributed by atoms with Gasteiger partial charge in [-0.1, -0.05) is 48.0 Å². The number of benzene rings is 2. The molecule has 112 valence electrons. The zero-order valence-electron chi connectivity index (χ0n) is 12.1. The number of aliphatic hydroxyl groups excluding tert-OH is 1. The van der Waals surface area contributed by atoms with Crippen LogP contribution in [0.4, 0.5) is 0 Å². The molecule has 1 unspecified atom stereocenters. The predicted molar refractivity (Wildman–Crippen MR) is 87.2 cm³/mol. The van der Waals surface area contributed by atoms with Gasteiger partial charge in [-0.15, -0.1) is 0 Å². The van der Waals surface area contributed by atoms with Crippen molar-refractivity contribution in [2.24, 2.45) is 0 Å². The summed E-state index contributed by atoms with van der Waals surface area (Å²) in [4.78, 5) is 4.01. The van der Waals surface area contributed by atoms with Gasteiger partial charge in [-0.25, -0.2) is 9.67 Å². The Morgan fingerprint density at radius 1 is 1.18 bits per heavy atom. The van der Waals surface area contributed by atoms with Crippen LogP contribution in [0.15, 0.2) is 55.1 Å². The van der Waals surface area contributed by atoms with Crippen molar-refractivity contribution < 1.29 is 5.11 Å². The van der Waals surface area contributed by atoms with Crippen molar-refractivity contribution in [3.05, 3.63) is 65.7 Å². The fourth-order valence-corrected chi connectivity index (χ4v) is 2.81. The number of hydrogen-bond donors (Lipinski definition) is 1. The monoisotopic (exact) mass is 313 g/mol. The molecule has 0 amide bonds. The summed E-state index contributed by atoms with van der Waals surface area (Å²) in [5.41, 5.74) is 3.81. The molecule has 0 fully saturated rings. The third kappa shape index (κ3) is 2.89. The first-order chi connectivity index (χ1) is 10.7. The lowest BCUT2D eigenvalue weighted by atomic mass is 9.94. The molecule has 0 spiro atoms. The van der Waals surface area contributed by atoms with Crippen LogP contribution in [-0.4, -0.2) is 26.0 Å². The lowest BCUT2D eigenvalue weighted by Crippen LogP contribution is -2.08. The fraction of sp³-hybridized carbons (Fsp3) is 0.176. The SMILES string of the molecule is CC(O)Cc1ccc(Cl)c(-n2cncn2)c1-c1ccccc1. The first-order valence-corrected chi connectivity index (χ1v) is 7.44. The summed E-state index contributed by atoms with van der Waals surface area (Å²) in [6, 6.07) is 13.8. The lowest BCUT2D eigenvalue weighted by molar-refractivity contribution is 0.195. The summed E-state index contributed by atoms with van der Waals surface area (Å²) in [7, 11) is 0. The first kappa shape index (κ1) is 14.8. The van der Waals surface area contributed by atoms with E-state index in [2.05, 4.69) is 10.1 Å². The Bertz CT molecular complexity index is 755. The van der Waals surface area contributed by atoms with Crippen molar-refractivity contribution in [2.75, 3.05) is 0 Å². The van der Waals surface area contributed by atoms with Crippen LogP contribution in [0.1, 0.15) is 12.5 Å². The van der Waals surface area contributed by atoms with Crippen LogP contribution in [0.25, 0.3) is 16.8 Å². The Hall–Kier alpha value is -2.17. The third-order valence-corrected chi connectivity index (χ3v) is 3.75. The van der Waals surface area contributed by atoms with Crippen LogP contribution in [0.2, 0.25) is 5.02 Å². The third-order valence-electron chi connectivity index (χ3n) is 3.44. The van der Waals surface area contributed by atoms with E-state index < -0.39 is 6.10 Å². The van der Waals surface area contributed by atoms with E-state index in [0.717, 1.165) is 22.4 Å². The molecule has 1 aromatic heterocycles. The predicted octanol–water partition coefficient (Wildman–Crippen LogP) is 3.51. The minimum atomic E-state index is -0.438. The van der Waals surface area contributed by atoms with Gasteiger partial charge in [0.25, 0.3) is 0 Å². The molecule has 1 N–H and O–H groups in total. The van der Waals surface area contributed by atoms with Gasteiger partial charge in [0.15, 0.2) is 0 Å². The van der Waals surface area contributed by atoms with E-state index >= 15 is 0 Å². The van der Waals surface area contributed by atoms with Crippen LogP contribution >= 0.6 is 11.6 Å². The number of hydrogen-bond acceptors (Lipinski definition) is 3. The zero-order valence-corrected chi connectivity index (χ0v) is 12.9. The molecule has 0 saturated heterocycles. The standard InChI is InChI=1S/C17H16ClN3O/c1-12(22)9-14-7-8-15(18)17(21-11-19-10-20-21)16(14)13-5-3-2-4-6-13/h2-8,10-12,22H,9H2,1H3. The molecule has 22 heavy (non-hydrogen) atoms. The Morgan fingerprint density at radius 2 is 1.95 bits per heavy atom. The second-order valence-electron chi connectivity index (χ2n) is 5.19. The number of rotatable bonds is 4. The van der Waals surface area contributed by atoms with Crippen LogP contribution in [0.5, 0.6) is 0 Å². The van der Waals surface area contributed by atoms with Crippen molar-refractivity contribution in [2.45, 2.75) is 19.4 Å². The molecule has 0 aliphatic rings. The van der Waals surface area contributed by atoms with Crippen LogP contribution in [-0.2, 0) is 6.42 Å². The maximum atomic E-state index is 9.80. The number of aromatic nitrogens is 3. The molecule has 3 aromatic rings. The molecule has 0 bridgehead atoms. The summed E-state index contributed by atoms with van der Waals surface area (Å²) in [5, 5.41) is 14.6.